The minimum atomic E-state index is -0.252. The average molecular weight is 276 g/mol. The molecule has 0 saturated carbocycles. The first-order chi connectivity index (χ1) is 7.15. The Hall–Kier alpha value is -0.450. The van der Waals surface area contributed by atoms with Gasteiger partial charge >= 0.3 is 0 Å². The van der Waals surface area contributed by atoms with Crippen molar-refractivity contribution in [3.8, 4) is 0 Å². The van der Waals surface area contributed by atoms with Gasteiger partial charge in [0.25, 0.3) is 0 Å². The van der Waals surface area contributed by atoms with Gasteiger partial charge in [0.2, 0.25) is 0 Å². The fourth-order valence-electron chi connectivity index (χ4n) is 1.31. The van der Waals surface area contributed by atoms with E-state index in [9.17, 15) is 4.39 Å². The van der Waals surface area contributed by atoms with E-state index >= 15 is 0 Å². The summed E-state index contributed by atoms with van der Waals surface area (Å²) in [5.41, 5.74) is 0.869. The van der Waals surface area contributed by atoms with Crippen LogP contribution >= 0.6 is 15.9 Å². The lowest BCUT2D eigenvalue weighted by atomic mass is 10.2. The molecule has 2 nitrogen and oxygen atoms in total. The van der Waals surface area contributed by atoms with E-state index in [0.29, 0.717) is 6.54 Å². The lowest BCUT2D eigenvalue weighted by molar-refractivity contribution is 0.238. The molecule has 84 valence electrons. The zero-order valence-corrected chi connectivity index (χ0v) is 10.2. The summed E-state index contributed by atoms with van der Waals surface area (Å²) in [6, 6.07) is 4.85. The number of aliphatic hydroxyl groups excluding tert-OH is 1. The molecule has 0 radical (unpaired) electrons. The smallest absolute Gasteiger partial charge is 0.124 e. The molecule has 1 aromatic carbocycles. The molecular weight excluding hydrogens is 261 g/mol. The molecule has 0 aliphatic heterocycles. The maximum absolute atomic E-state index is 13.0. The van der Waals surface area contributed by atoms with Crippen LogP contribution in [0.15, 0.2) is 22.7 Å². The summed E-state index contributed by atoms with van der Waals surface area (Å²) >= 11 is 3.24. The Morgan fingerprint density at radius 2 is 2.20 bits per heavy atom. The molecule has 1 rings (SSSR count). The summed E-state index contributed by atoms with van der Waals surface area (Å²) in [5.74, 6) is -0.252. The van der Waals surface area contributed by atoms with Crippen LogP contribution in [-0.4, -0.2) is 17.8 Å². The van der Waals surface area contributed by atoms with E-state index in [0.717, 1.165) is 16.5 Å². The van der Waals surface area contributed by atoms with E-state index in [1.807, 2.05) is 13.0 Å². The van der Waals surface area contributed by atoms with Gasteiger partial charge in [-0.15, -0.1) is 0 Å². The van der Waals surface area contributed by atoms with Crippen LogP contribution in [0.1, 0.15) is 18.9 Å². The van der Waals surface area contributed by atoms with Crippen LogP contribution in [0.4, 0.5) is 4.39 Å². The highest BCUT2D eigenvalue weighted by Gasteiger charge is 2.04. The zero-order valence-electron chi connectivity index (χ0n) is 8.63. The van der Waals surface area contributed by atoms with Crippen molar-refractivity contribution in [2.75, 3.05) is 6.61 Å². The van der Waals surface area contributed by atoms with Crippen molar-refractivity contribution in [3.05, 3.63) is 34.1 Å². The zero-order chi connectivity index (χ0) is 11.3. The Morgan fingerprint density at radius 1 is 1.47 bits per heavy atom. The molecule has 0 saturated heterocycles. The third-order valence-electron chi connectivity index (χ3n) is 2.23. The summed E-state index contributed by atoms with van der Waals surface area (Å²) in [6.07, 6.45) is 0.854. The lowest BCUT2D eigenvalue weighted by Crippen LogP contribution is -2.31. The lowest BCUT2D eigenvalue weighted by Gasteiger charge is -2.13. The van der Waals surface area contributed by atoms with Crippen molar-refractivity contribution in [2.24, 2.45) is 0 Å². The standard InChI is InChI=1S/C11H15BrFNO/c1-2-11(7-15)14-6-8-3-9(12)5-10(13)4-8/h3-5,11,14-15H,2,6-7H2,1H3. The van der Waals surface area contributed by atoms with Gasteiger partial charge in [0.15, 0.2) is 0 Å². The Morgan fingerprint density at radius 3 is 2.73 bits per heavy atom. The SMILES string of the molecule is CCC(CO)NCc1cc(F)cc(Br)c1. The third-order valence-corrected chi connectivity index (χ3v) is 2.69. The second kappa shape index (κ2) is 6.20. The molecule has 0 amide bonds. The van der Waals surface area contributed by atoms with Crippen molar-refractivity contribution in [1.29, 1.82) is 0 Å². The van der Waals surface area contributed by atoms with E-state index in [2.05, 4.69) is 21.2 Å². The number of rotatable bonds is 5. The molecule has 1 atom stereocenters. The van der Waals surface area contributed by atoms with Gasteiger partial charge in [0.1, 0.15) is 5.82 Å². The van der Waals surface area contributed by atoms with Gasteiger partial charge in [-0.1, -0.05) is 22.9 Å². The summed E-state index contributed by atoms with van der Waals surface area (Å²) in [4.78, 5) is 0. The highest BCUT2D eigenvalue weighted by molar-refractivity contribution is 9.10. The topological polar surface area (TPSA) is 32.3 Å². The predicted octanol–water partition coefficient (Wildman–Crippen LogP) is 2.45. The summed E-state index contributed by atoms with van der Waals surface area (Å²) in [5, 5.41) is 12.1. The summed E-state index contributed by atoms with van der Waals surface area (Å²) in [6.45, 7) is 2.66. The molecule has 0 spiro atoms. The Balaban J connectivity index is 2.57. The van der Waals surface area contributed by atoms with Crippen LogP contribution in [0.25, 0.3) is 0 Å². The first-order valence-corrected chi connectivity index (χ1v) is 5.74. The van der Waals surface area contributed by atoms with E-state index < -0.39 is 0 Å². The molecule has 1 aromatic rings. The molecule has 1 unspecified atom stereocenters. The van der Waals surface area contributed by atoms with Gasteiger partial charge in [-0.25, -0.2) is 4.39 Å². The van der Waals surface area contributed by atoms with Crippen molar-refractivity contribution in [3.63, 3.8) is 0 Å². The Labute approximate surface area is 97.6 Å². The highest BCUT2D eigenvalue weighted by Crippen LogP contribution is 2.14. The van der Waals surface area contributed by atoms with Gasteiger partial charge < -0.3 is 10.4 Å². The quantitative estimate of drug-likeness (QED) is 0.865. The van der Waals surface area contributed by atoms with E-state index in [-0.39, 0.29) is 18.5 Å². The van der Waals surface area contributed by atoms with Crippen molar-refractivity contribution in [2.45, 2.75) is 25.9 Å². The number of benzene rings is 1. The largest absolute Gasteiger partial charge is 0.395 e. The van der Waals surface area contributed by atoms with E-state index in [4.69, 9.17) is 5.11 Å². The van der Waals surface area contributed by atoms with Gasteiger partial charge in [0.05, 0.1) is 6.61 Å². The van der Waals surface area contributed by atoms with Crippen LogP contribution in [-0.2, 0) is 6.54 Å². The second-order valence-corrected chi connectivity index (χ2v) is 4.36. The fourth-order valence-corrected chi connectivity index (χ4v) is 1.83. The summed E-state index contributed by atoms with van der Waals surface area (Å²) in [7, 11) is 0. The van der Waals surface area contributed by atoms with Gasteiger partial charge in [-0.2, -0.15) is 0 Å². The molecule has 15 heavy (non-hydrogen) atoms. The monoisotopic (exact) mass is 275 g/mol. The van der Waals surface area contributed by atoms with Crippen LogP contribution in [0, 0.1) is 5.82 Å². The van der Waals surface area contributed by atoms with E-state index in [1.165, 1.54) is 12.1 Å². The Kier molecular flexibility index (Phi) is 5.22. The number of halogens is 2. The minimum Gasteiger partial charge on any atom is -0.395 e. The van der Waals surface area contributed by atoms with Gasteiger partial charge in [-0.05, 0) is 30.2 Å². The van der Waals surface area contributed by atoms with Crippen molar-refractivity contribution >= 4 is 15.9 Å². The molecule has 0 aliphatic rings. The maximum atomic E-state index is 13.0. The predicted molar refractivity (Wildman–Crippen MR) is 62.1 cm³/mol. The minimum absolute atomic E-state index is 0.0760. The molecule has 4 heteroatoms. The molecular formula is C11H15BrFNO. The molecule has 0 aromatic heterocycles. The average Bonchev–Trinajstić information content (AvgIpc) is 2.18. The number of hydrogen-bond acceptors (Lipinski definition) is 2. The maximum Gasteiger partial charge on any atom is 0.124 e. The van der Waals surface area contributed by atoms with Crippen LogP contribution < -0.4 is 5.32 Å². The number of nitrogens with one attached hydrogen (secondary N) is 1. The Bertz CT molecular complexity index is 295. The van der Waals surface area contributed by atoms with Gasteiger partial charge in [0, 0.05) is 17.1 Å². The molecule has 0 heterocycles. The molecule has 0 fully saturated rings. The summed E-state index contributed by atoms with van der Waals surface area (Å²) < 4.78 is 13.7. The first-order valence-electron chi connectivity index (χ1n) is 4.95. The molecule has 0 aliphatic carbocycles. The number of hydrogen-bond donors (Lipinski definition) is 2. The number of aliphatic hydroxyl groups is 1. The third kappa shape index (κ3) is 4.28. The van der Waals surface area contributed by atoms with Crippen molar-refractivity contribution in [1.82, 2.24) is 5.32 Å². The normalized spacial score (nSPS) is 12.8. The molecule has 0 bridgehead atoms. The molecule has 2 N–H and O–H groups in total. The van der Waals surface area contributed by atoms with Crippen LogP contribution in [0.5, 0.6) is 0 Å². The van der Waals surface area contributed by atoms with Gasteiger partial charge in [-0.3, -0.25) is 0 Å². The van der Waals surface area contributed by atoms with Crippen LogP contribution in [0.2, 0.25) is 0 Å². The fraction of sp³-hybridized carbons (Fsp3) is 0.455. The van der Waals surface area contributed by atoms with Crippen molar-refractivity contribution < 1.29 is 9.50 Å². The second-order valence-electron chi connectivity index (χ2n) is 3.45. The first kappa shape index (κ1) is 12.6. The highest BCUT2D eigenvalue weighted by atomic mass is 79.9. The van der Waals surface area contributed by atoms with Crippen LogP contribution in [0.3, 0.4) is 0 Å². The van der Waals surface area contributed by atoms with E-state index in [1.54, 1.807) is 0 Å².